The maximum atomic E-state index is 10.0. The molecular formula is C8H19N3O2. The zero-order valence-corrected chi connectivity index (χ0v) is 8.21. The average molecular weight is 189 g/mol. The lowest BCUT2D eigenvalue weighted by Crippen LogP contribution is -2.34. The molecule has 78 valence electrons. The van der Waals surface area contributed by atoms with Gasteiger partial charge in [-0.15, -0.1) is 0 Å². The van der Waals surface area contributed by atoms with Gasteiger partial charge in [0.15, 0.2) is 0 Å². The van der Waals surface area contributed by atoms with Gasteiger partial charge in [-0.1, -0.05) is 13.8 Å². The van der Waals surface area contributed by atoms with E-state index in [1.54, 1.807) is 13.8 Å². The third-order valence-corrected chi connectivity index (χ3v) is 1.73. The molecular weight excluding hydrogens is 170 g/mol. The van der Waals surface area contributed by atoms with Gasteiger partial charge in [-0.05, 0) is 5.92 Å². The summed E-state index contributed by atoms with van der Waals surface area (Å²) in [5.74, 6) is -0.910. The molecule has 0 aromatic carbocycles. The highest BCUT2D eigenvalue weighted by molar-refractivity contribution is 5.73. The molecule has 13 heavy (non-hydrogen) atoms. The first-order chi connectivity index (χ1) is 6.05. The van der Waals surface area contributed by atoms with E-state index >= 15 is 0 Å². The molecule has 0 spiro atoms. The molecule has 0 saturated carbocycles. The van der Waals surface area contributed by atoms with Crippen LogP contribution in [0.1, 0.15) is 13.8 Å². The van der Waals surface area contributed by atoms with Crippen LogP contribution in [0.2, 0.25) is 0 Å². The van der Waals surface area contributed by atoms with Crippen LogP contribution in [0, 0.1) is 5.92 Å². The second-order valence-corrected chi connectivity index (χ2v) is 3.28. The maximum Gasteiger partial charge on any atom is 0.320 e. The summed E-state index contributed by atoms with van der Waals surface area (Å²) in [4.78, 5) is 10.0. The Morgan fingerprint density at radius 1 is 1.38 bits per heavy atom. The first-order valence-electron chi connectivity index (χ1n) is 4.45. The third-order valence-electron chi connectivity index (χ3n) is 1.73. The van der Waals surface area contributed by atoms with Crippen molar-refractivity contribution in [1.82, 2.24) is 10.6 Å². The lowest BCUT2D eigenvalue weighted by molar-refractivity contribution is -0.139. The Morgan fingerprint density at radius 2 is 1.85 bits per heavy atom. The van der Waals surface area contributed by atoms with E-state index in [4.69, 9.17) is 10.8 Å². The van der Waals surface area contributed by atoms with Crippen LogP contribution in [0.4, 0.5) is 0 Å². The molecule has 0 aromatic heterocycles. The van der Waals surface area contributed by atoms with Gasteiger partial charge >= 0.3 is 5.97 Å². The molecule has 1 aliphatic rings. The average Bonchev–Trinajstić information content (AvgIpc) is 2.59. The van der Waals surface area contributed by atoms with Gasteiger partial charge in [-0.25, -0.2) is 0 Å². The van der Waals surface area contributed by atoms with Crippen molar-refractivity contribution in [2.45, 2.75) is 19.9 Å². The molecule has 0 unspecified atom stereocenters. The van der Waals surface area contributed by atoms with Crippen molar-refractivity contribution in [1.29, 1.82) is 0 Å². The highest BCUT2D eigenvalue weighted by Crippen LogP contribution is 1.96. The standard InChI is InChI=1S/C5H11NO2.C3H8N2/c1-3(2)4(6)5(7)8;1-2-5-3-4-1/h3-4H,6H2,1-2H3,(H,7,8);4-5H,1-3H2/t4-;/m0./s1. The zero-order chi connectivity index (χ0) is 10.3. The summed E-state index contributed by atoms with van der Waals surface area (Å²) in [6, 6.07) is -0.713. The molecule has 5 N–H and O–H groups in total. The Hall–Kier alpha value is -0.650. The number of rotatable bonds is 2. The van der Waals surface area contributed by atoms with Crippen LogP contribution < -0.4 is 16.4 Å². The molecule has 0 aliphatic carbocycles. The van der Waals surface area contributed by atoms with Crippen molar-refractivity contribution in [2.75, 3.05) is 19.8 Å². The molecule has 1 fully saturated rings. The number of aliphatic carboxylic acids is 1. The van der Waals surface area contributed by atoms with Crippen molar-refractivity contribution < 1.29 is 9.90 Å². The van der Waals surface area contributed by atoms with E-state index in [1.165, 1.54) is 0 Å². The van der Waals surface area contributed by atoms with Gasteiger partial charge in [-0.3, -0.25) is 4.79 Å². The van der Waals surface area contributed by atoms with Crippen LogP contribution in [-0.2, 0) is 4.79 Å². The summed E-state index contributed by atoms with van der Waals surface area (Å²) < 4.78 is 0. The lowest BCUT2D eigenvalue weighted by Gasteiger charge is -2.07. The predicted octanol–water partition coefficient (Wildman–Crippen LogP) is -0.809. The Labute approximate surface area is 78.7 Å². The topological polar surface area (TPSA) is 87.4 Å². The monoisotopic (exact) mass is 189 g/mol. The molecule has 1 heterocycles. The summed E-state index contributed by atoms with van der Waals surface area (Å²) in [5.41, 5.74) is 5.16. The summed E-state index contributed by atoms with van der Waals surface area (Å²) in [7, 11) is 0. The van der Waals surface area contributed by atoms with Gasteiger partial charge in [0.2, 0.25) is 0 Å². The van der Waals surface area contributed by atoms with Crippen LogP contribution in [0.25, 0.3) is 0 Å². The minimum absolute atomic E-state index is 0.0208. The number of carboxylic acid groups (broad SMARTS) is 1. The molecule has 5 nitrogen and oxygen atoms in total. The second-order valence-electron chi connectivity index (χ2n) is 3.28. The van der Waals surface area contributed by atoms with Crippen molar-refractivity contribution in [3.8, 4) is 0 Å². The van der Waals surface area contributed by atoms with E-state index in [0.717, 1.165) is 19.8 Å². The van der Waals surface area contributed by atoms with Crippen molar-refractivity contribution in [2.24, 2.45) is 11.7 Å². The SMILES string of the molecule is C1CNCN1.CC(C)[C@H](N)C(=O)O. The number of nitrogens with two attached hydrogens (primary N) is 1. The summed E-state index contributed by atoms with van der Waals surface area (Å²) in [5, 5.41) is 14.4. The fraction of sp³-hybridized carbons (Fsp3) is 0.875. The van der Waals surface area contributed by atoms with Gasteiger partial charge in [0.25, 0.3) is 0 Å². The quantitative estimate of drug-likeness (QED) is 0.456. The molecule has 1 atom stereocenters. The third kappa shape index (κ3) is 6.51. The van der Waals surface area contributed by atoms with E-state index in [1.807, 2.05) is 0 Å². The fourth-order valence-electron chi connectivity index (χ4n) is 0.727. The first kappa shape index (κ1) is 12.3. The van der Waals surface area contributed by atoms with Gasteiger partial charge in [0, 0.05) is 19.8 Å². The summed E-state index contributed by atoms with van der Waals surface area (Å²) in [6.07, 6.45) is 0. The first-order valence-corrected chi connectivity index (χ1v) is 4.45. The number of carboxylic acids is 1. The van der Waals surface area contributed by atoms with Crippen LogP contribution in [0.15, 0.2) is 0 Å². The van der Waals surface area contributed by atoms with Gasteiger partial charge in [-0.2, -0.15) is 0 Å². The minimum Gasteiger partial charge on any atom is -0.480 e. The van der Waals surface area contributed by atoms with Crippen molar-refractivity contribution >= 4 is 5.97 Å². The summed E-state index contributed by atoms with van der Waals surface area (Å²) >= 11 is 0. The fourth-order valence-corrected chi connectivity index (χ4v) is 0.727. The van der Waals surface area contributed by atoms with Crippen LogP contribution in [-0.4, -0.2) is 36.9 Å². The molecule has 1 aliphatic heterocycles. The smallest absolute Gasteiger partial charge is 0.320 e. The molecule has 0 aromatic rings. The van der Waals surface area contributed by atoms with Gasteiger partial charge in [0.05, 0.1) is 0 Å². The zero-order valence-electron chi connectivity index (χ0n) is 8.21. The van der Waals surface area contributed by atoms with E-state index in [0.29, 0.717) is 0 Å². The lowest BCUT2D eigenvalue weighted by atomic mass is 10.1. The molecule has 1 rings (SSSR count). The minimum atomic E-state index is -0.931. The van der Waals surface area contributed by atoms with Crippen LogP contribution >= 0.6 is 0 Å². The van der Waals surface area contributed by atoms with Gasteiger partial charge in [0.1, 0.15) is 6.04 Å². The van der Waals surface area contributed by atoms with E-state index in [-0.39, 0.29) is 5.92 Å². The number of hydrogen-bond donors (Lipinski definition) is 4. The number of hydrogen-bond acceptors (Lipinski definition) is 4. The molecule has 5 heteroatoms. The molecule has 0 radical (unpaired) electrons. The van der Waals surface area contributed by atoms with Crippen LogP contribution in [0.5, 0.6) is 0 Å². The Balaban J connectivity index is 0.000000243. The number of nitrogens with one attached hydrogen (secondary N) is 2. The van der Waals surface area contributed by atoms with E-state index in [2.05, 4.69) is 10.6 Å². The number of carbonyl (C=O) groups is 1. The summed E-state index contributed by atoms with van der Waals surface area (Å²) in [6.45, 7) is 6.83. The highest BCUT2D eigenvalue weighted by Gasteiger charge is 2.14. The predicted molar refractivity (Wildman–Crippen MR) is 51.3 cm³/mol. The maximum absolute atomic E-state index is 10.0. The van der Waals surface area contributed by atoms with Crippen molar-refractivity contribution in [3.63, 3.8) is 0 Å². The largest absolute Gasteiger partial charge is 0.480 e. The van der Waals surface area contributed by atoms with E-state index < -0.39 is 12.0 Å². The van der Waals surface area contributed by atoms with Crippen LogP contribution in [0.3, 0.4) is 0 Å². The van der Waals surface area contributed by atoms with Crippen molar-refractivity contribution in [3.05, 3.63) is 0 Å². The molecule has 1 saturated heterocycles. The Bertz CT molecular complexity index is 139. The molecule has 0 bridgehead atoms. The van der Waals surface area contributed by atoms with E-state index in [9.17, 15) is 4.79 Å². The Morgan fingerprint density at radius 3 is 1.92 bits per heavy atom. The Kier molecular flexibility index (Phi) is 6.48. The van der Waals surface area contributed by atoms with Gasteiger partial charge < -0.3 is 21.5 Å². The second kappa shape index (κ2) is 6.82. The highest BCUT2D eigenvalue weighted by atomic mass is 16.4. The normalized spacial score (nSPS) is 17.8. The molecule has 0 amide bonds.